The van der Waals surface area contributed by atoms with E-state index in [0.717, 1.165) is 96.1 Å². The Bertz CT molecular complexity index is 1570. The molecule has 0 radical (unpaired) electrons. The first kappa shape index (κ1) is 27.9. The second kappa shape index (κ2) is 12.3. The Morgan fingerprint density at radius 3 is 1.88 bits per heavy atom. The van der Waals surface area contributed by atoms with Gasteiger partial charge in [-0.3, -0.25) is 9.59 Å². The summed E-state index contributed by atoms with van der Waals surface area (Å²) in [6, 6.07) is 16.3. The van der Waals surface area contributed by atoms with Crippen molar-refractivity contribution >= 4 is 11.8 Å². The molecule has 2 fully saturated rings. The van der Waals surface area contributed by atoms with Gasteiger partial charge in [-0.05, 0) is 62.3 Å². The molecule has 2 aliphatic rings. The highest BCUT2D eigenvalue weighted by Gasteiger charge is 2.24. The van der Waals surface area contributed by atoms with Gasteiger partial charge in [0, 0.05) is 35.1 Å². The smallest absolute Gasteiger partial charge is 0.223 e. The lowest BCUT2D eigenvalue weighted by Crippen LogP contribution is -2.28. The molecule has 8 heteroatoms. The summed E-state index contributed by atoms with van der Waals surface area (Å²) in [5.41, 5.74) is 7.67. The zero-order valence-corrected chi connectivity index (χ0v) is 24.4. The van der Waals surface area contributed by atoms with E-state index < -0.39 is 0 Å². The van der Waals surface area contributed by atoms with Gasteiger partial charge in [-0.25, -0.2) is 0 Å². The van der Waals surface area contributed by atoms with Crippen LogP contribution in [0.1, 0.15) is 74.0 Å². The fraction of sp³-hybridized carbons (Fsp3) is 0.412. The highest BCUT2D eigenvalue weighted by molar-refractivity contribution is 5.86. The molecular formula is C34H38N4O4. The molecule has 2 saturated carbocycles. The van der Waals surface area contributed by atoms with Gasteiger partial charge in [0.05, 0.1) is 13.1 Å². The van der Waals surface area contributed by atoms with Gasteiger partial charge in [-0.2, -0.15) is 0 Å². The SMILES string of the molecule is Cc1ccc(-c2cc(CNC(=O)C3CCCC3)on2)c(-c2cc(-c3cc(CNC(=O)C4CCCC4)on3)ccc2C)c1. The van der Waals surface area contributed by atoms with Gasteiger partial charge in [0.2, 0.25) is 11.8 Å². The van der Waals surface area contributed by atoms with Crippen LogP contribution in [0.2, 0.25) is 0 Å². The topological polar surface area (TPSA) is 110 Å². The van der Waals surface area contributed by atoms with Crippen molar-refractivity contribution in [2.24, 2.45) is 11.8 Å². The molecule has 2 aliphatic carbocycles. The van der Waals surface area contributed by atoms with Crippen LogP contribution in [0.3, 0.4) is 0 Å². The van der Waals surface area contributed by atoms with E-state index >= 15 is 0 Å². The van der Waals surface area contributed by atoms with Crippen molar-refractivity contribution in [2.75, 3.05) is 0 Å². The maximum atomic E-state index is 12.5. The summed E-state index contributed by atoms with van der Waals surface area (Å²) in [5, 5.41) is 14.7. The lowest BCUT2D eigenvalue weighted by Gasteiger charge is -2.13. The molecule has 8 nitrogen and oxygen atoms in total. The third-order valence-corrected chi connectivity index (χ3v) is 8.72. The van der Waals surface area contributed by atoms with E-state index in [4.69, 9.17) is 9.05 Å². The maximum absolute atomic E-state index is 12.5. The Balaban J connectivity index is 1.20. The summed E-state index contributed by atoms with van der Waals surface area (Å²) in [5.74, 6) is 1.69. The second-order valence-electron chi connectivity index (χ2n) is 11.8. The minimum atomic E-state index is 0.0983. The Morgan fingerprint density at radius 2 is 1.26 bits per heavy atom. The monoisotopic (exact) mass is 566 g/mol. The van der Waals surface area contributed by atoms with Crippen LogP contribution in [0.25, 0.3) is 33.6 Å². The molecule has 4 aromatic rings. The van der Waals surface area contributed by atoms with Crippen LogP contribution in [0.4, 0.5) is 0 Å². The summed E-state index contributed by atoms with van der Waals surface area (Å²) in [4.78, 5) is 24.9. The number of nitrogens with zero attached hydrogens (tertiary/aromatic N) is 2. The molecule has 6 rings (SSSR count). The number of hydrogen-bond donors (Lipinski definition) is 2. The molecular weight excluding hydrogens is 528 g/mol. The van der Waals surface area contributed by atoms with E-state index in [9.17, 15) is 9.59 Å². The van der Waals surface area contributed by atoms with E-state index in [2.05, 4.69) is 65.1 Å². The number of amides is 2. The number of aromatic nitrogens is 2. The number of carbonyl (C=O) groups is 2. The fourth-order valence-corrected chi connectivity index (χ4v) is 6.24. The lowest BCUT2D eigenvalue weighted by atomic mass is 9.91. The first-order valence-electron chi connectivity index (χ1n) is 15.1. The first-order chi connectivity index (χ1) is 20.4. The van der Waals surface area contributed by atoms with Crippen molar-refractivity contribution < 1.29 is 18.6 Å². The Labute approximate surface area is 246 Å². The summed E-state index contributed by atoms with van der Waals surface area (Å²) >= 11 is 0. The van der Waals surface area contributed by atoms with Crippen molar-refractivity contribution in [3.05, 3.63) is 71.2 Å². The average molecular weight is 567 g/mol. The van der Waals surface area contributed by atoms with Crippen molar-refractivity contribution in [2.45, 2.75) is 78.3 Å². The zero-order valence-electron chi connectivity index (χ0n) is 24.4. The Hall–Kier alpha value is -4.20. The molecule has 42 heavy (non-hydrogen) atoms. The normalized spacial score (nSPS) is 15.8. The van der Waals surface area contributed by atoms with Crippen molar-refractivity contribution in [3.8, 4) is 33.6 Å². The van der Waals surface area contributed by atoms with E-state index in [-0.39, 0.29) is 23.7 Å². The predicted octanol–water partition coefficient (Wildman–Crippen LogP) is 6.89. The molecule has 0 spiro atoms. The number of carbonyl (C=O) groups excluding carboxylic acids is 2. The third kappa shape index (κ3) is 6.17. The highest BCUT2D eigenvalue weighted by atomic mass is 16.5. The number of hydrogen-bond acceptors (Lipinski definition) is 6. The zero-order chi connectivity index (χ0) is 29.1. The Morgan fingerprint density at radius 1 is 0.690 bits per heavy atom. The van der Waals surface area contributed by atoms with E-state index in [1.54, 1.807) is 0 Å². The van der Waals surface area contributed by atoms with Crippen LogP contribution in [0.15, 0.2) is 57.6 Å². The summed E-state index contributed by atoms with van der Waals surface area (Å²) in [7, 11) is 0. The second-order valence-corrected chi connectivity index (χ2v) is 11.8. The first-order valence-corrected chi connectivity index (χ1v) is 15.1. The number of rotatable bonds is 9. The van der Waals surface area contributed by atoms with Gasteiger partial charge >= 0.3 is 0 Å². The molecule has 218 valence electrons. The maximum Gasteiger partial charge on any atom is 0.223 e. The van der Waals surface area contributed by atoms with Crippen molar-refractivity contribution in [1.82, 2.24) is 20.9 Å². The quantitative estimate of drug-likeness (QED) is 0.228. The third-order valence-electron chi connectivity index (χ3n) is 8.72. The fourth-order valence-electron chi connectivity index (χ4n) is 6.24. The molecule has 2 heterocycles. The lowest BCUT2D eigenvalue weighted by molar-refractivity contribution is -0.125. The van der Waals surface area contributed by atoms with E-state index in [0.29, 0.717) is 24.6 Å². The minimum absolute atomic E-state index is 0.0983. The van der Waals surface area contributed by atoms with Crippen LogP contribution in [0, 0.1) is 25.7 Å². The largest absolute Gasteiger partial charge is 0.359 e. The molecule has 0 atom stereocenters. The Kier molecular flexibility index (Phi) is 8.22. The summed E-state index contributed by atoms with van der Waals surface area (Å²) in [6.07, 6.45) is 8.35. The predicted molar refractivity (Wildman–Crippen MR) is 160 cm³/mol. The van der Waals surface area contributed by atoms with Gasteiger partial charge in [0.25, 0.3) is 0 Å². The average Bonchev–Trinajstić information content (AvgIpc) is 3.82. The molecule has 0 bridgehead atoms. The molecule has 0 unspecified atom stereocenters. The molecule has 0 aliphatic heterocycles. The van der Waals surface area contributed by atoms with Gasteiger partial charge in [-0.15, -0.1) is 0 Å². The van der Waals surface area contributed by atoms with Gasteiger partial charge in [0.15, 0.2) is 11.5 Å². The molecule has 0 saturated heterocycles. The van der Waals surface area contributed by atoms with Crippen LogP contribution in [0.5, 0.6) is 0 Å². The van der Waals surface area contributed by atoms with E-state index in [1.165, 1.54) is 0 Å². The number of nitrogens with one attached hydrogen (secondary N) is 2. The van der Waals surface area contributed by atoms with Gasteiger partial charge < -0.3 is 19.7 Å². The molecule has 2 aromatic heterocycles. The summed E-state index contributed by atoms with van der Waals surface area (Å²) in [6.45, 7) is 4.82. The van der Waals surface area contributed by atoms with Crippen molar-refractivity contribution in [1.29, 1.82) is 0 Å². The van der Waals surface area contributed by atoms with Crippen LogP contribution in [-0.4, -0.2) is 22.1 Å². The van der Waals surface area contributed by atoms with Crippen LogP contribution in [-0.2, 0) is 22.7 Å². The summed E-state index contributed by atoms with van der Waals surface area (Å²) < 4.78 is 11.2. The van der Waals surface area contributed by atoms with Crippen molar-refractivity contribution in [3.63, 3.8) is 0 Å². The van der Waals surface area contributed by atoms with Gasteiger partial charge in [-0.1, -0.05) is 71.9 Å². The molecule has 2 aromatic carbocycles. The molecule has 2 N–H and O–H groups in total. The number of benzene rings is 2. The van der Waals surface area contributed by atoms with Gasteiger partial charge in [0.1, 0.15) is 11.4 Å². The highest BCUT2D eigenvalue weighted by Crippen LogP contribution is 2.37. The standard InChI is InChI=1S/C34H38N4O4/c1-21-11-14-28(32-18-27(42-38-32)20-36-34(40)24-9-5-6-10-24)30(15-21)29-16-25(13-12-22(29)2)31-17-26(41-37-31)19-35-33(39)23-7-3-4-8-23/h11-18,23-24H,3-10,19-20H2,1-2H3,(H,35,39)(H,36,40). The van der Waals surface area contributed by atoms with E-state index in [1.807, 2.05) is 18.2 Å². The minimum Gasteiger partial charge on any atom is -0.359 e. The number of aryl methyl sites for hydroxylation is 2. The van der Waals surface area contributed by atoms with Crippen LogP contribution >= 0.6 is 0 Å². The molecule has 2 amide bonds. The van der Waals surface area contributed by atoms with Crippen LogP contribution < -0.4 is 10.6 Å².